The number of fused-ring (bicyclic) bond motifs is 1. The number of pyridine rings is 1. The van der Waals surface area contributed by atoms with Gasteiger partial charge in [0.15, 0.2) is 11.2 Å². The van der Waals surface area contributed by atoms with E-state index < -0.39 is 58.5 Å². The first kappa shape index (κ1) is 24.1. The topological polar surface area (TPSA) is 109 Å². The van der Waals surface area contributed by atoms with Gasteiger partial charge in [-0.05, 0) is 72.8 Å². The van der Waals surface area contributed by atoms with Gasteiger partial charge < -0.3 is 14.2 Å². The lowest BCUT2D eigenvalue weighted by Crippen LogP contribution is -2.71. The molecule has 3 saturated carbocycles. The van der Waals surface area contributed by atoms with Crippen molar-refractivity contribution in [2.75, 3.05) is 6.61 Å². The molecule has 1 aromatic heterocycles. The normalized spacial score (nSPS) is 39.5. The van der Waals surface area contributed by atoms with Crippen LogP contribution in [-0.4, -0.2) is 47.5 Å². The molecule has 5 aliphatic rings. The van der Waals surface area contributed by atoms with Gasteiger partial charge in [-0.15, -0.1) is 0 Å². The summed E-state index contributed by atoms with van der Waals surface area (Å²) in [5.74, 6) is -3.58. The van der Waals surface area contributed by atoms with Crippen LogP contribution in [-0.2, 0) is 33.4 Å². The Kier molecular flexibility index (Phi) is 5.11. The van der Waals surface area contributed by atoms with Crippen LogP contribution in [0.3, 0.4) is 0 Å². The highest BCUT2D eigenvalue weighted by Gasteiger charge is 2.81. The maximum atomic E-state index is 13.9. The molecule has 0 radical (unpaired) electrons. The van der Waals surface area contributed by atoms with Crippen molar-refractivity contribution in [3.8, 4) is 0 Å². The Hall–Kier alpha value is -3.29. The molecule has 0 aromatic carbocycles. The number of cyclic esters (lactones) is 1. The SMILES string of the molecule is C=C1C(=O)[C@@]23C(=O)O[C@H]4CCC(C)(C)[C@H]5C(=O)OC[C@]45[C@H]2CC[C@@H]1[C@H]3OC(=O)/C=C/c1ccncc1C. The number of Topliss-reactive ketones (excluding diaryl/α,β-unsaturated/α-hetero) is 1. The number of ketones is 1. The largest absolute Gasteiger partial charge is 0.465 e. The fourth-order valence-electron chi connectivity index (χ4n) is 8.28. The third-order valence-corrected chi connectivity index (χ3v) is 9.86. The molecule has 0 N–H and O–H groups in total. The van der Waals surface area contributed by atoms with Gasteiger partial charge in [-0.2, -0.15) is 0 Å². The minimum atomic E-state index is -1.72. The summed E-state index contributed by atoms with van der Waals surface area (Å²) in [6, 6.07) is 1.78. The summed E-state index contributed by atoms with van der Waals surface area (Å²) in [6.45, 7) is 10.1. The minimum Gasteiger partial charge on any atom is -0.465 e. The fraction of sp³-hybridized carbons (Fsp3) is 0.552. The first-order chi connectivity index (χ1) is 17.5. The molecule has 0 amide bonds. The first-order valence-electron chi connectivity index (χ1n) is 13.0. The van der Waals surface area contributed by atoms with E-state index in [4.69, 9.17) is 14.2 Å². The third kappa shape index (κ3) is 2.98. The molecule has 8 nitrogen and oxygen atoms in total. The zero-order chi connectivity index (χ0) is 26.3. The molecule has 37 heavy (non-hydrogen) atoms. The number of hydrogen-bond donors (Lipinski definition) is 0. The van der Waals surface area contributed by atoms with Crippen LogP contribution in [0.1, 0.15) is 50.7 Å². The van der Waals surface area contributed by atoms with E-state index in [2.05, 4.69) is 11.6 Å². The van der Waals surface area contributed by atoms with Crippen LogP contribution >= 0.6 is 0 Å². The molecule has 2 saturated heterocycles. The summed E-state index contributed by atoms with van der Waals surface area (Å²) in [6.07, 6.45) is 7.06. The molecule has 3 aliphatic carbocycles. The molecule has 2 aliphatic heterocycles. The van der Waals surface area contributed by atoms with Crippen LogP contribution in [0.5, 0.6) is 0 Å². The quantitative estimate of drug-likeness (QED) is 0.266. The number of aromatic nitrogens is 1. The van der Waals surface area contributed by atoms with Crippen LogP contribution in [0.15, 0.2) is 36.7 Å². The van der Waals surface area contributed by atoms with Gasteiger partial charge in [-0.1, -0.05) is 20.4 Å². The minimum absolute atomic E-state index is 0.0939. The highest BCUT2D eigenvalue weighted by molar-refractivity contribution is 6.16. The average molecular weight is 506 g/mol. The summed E-state index contributed by atoms with van der Waals surface area (Å²) in [4.78, 5) is 58.0. The van der Waals surface area contributed by atoms with E-state index in [1.165, 1.54) is 6.08 Å². The van der Waals surface area contributed by atoms with Crippen molar-refractivity contribution in [1.82, 2.24) is 4.98 Å². The van der Waals surface area contributed by atoms with Crippen molar-refractivity contribution in [2.24, 2.45) is 34.0 Å². The Morgan fingerprint density at radius 1 is 1.22 bits per heavy atom. The zero-order valence-electron chi connectivity index (χ0n) is 21.3. The Morgan fingerprint density at radius 3 is 2.76 bits per heavy atom. The van der Waals surface area contributed by atoms with E-state index in [0.717, 1.165) is 11.1 Å². The van der Waals surface area contributed by atoms with E-state index in [1.807, 2.05) is 20.8 Å². The molecule has 3 heterocycles. The molecule has 0 unspecified atom stereocenters. The van der Waals surface area contributed by atoms with Crippen molar-refractivity contribution >= 4 is 29.8 Å². The van der Waals surface area contributed by atoms with Gasteiger partial charge in [0.25, 0.3) is 0 Å². The van der Waals surface area contributed by atoms with E-state index in [1.54, 1.807) is 24.5 Å². The summed E-state index contributed by atoms with van der Waals surface area (Å²) >= 11 is 0. The smallest absolute Gasteiger partial charge is 0.331 e. The molecule has 1 aromatic rings. The summed E-state index contributed by atoms with van der Waals surface area (Å²) in [5, 5.41) is 0. The Balaban J connectivity index is 1.42. The van der Waals surface area contributed by atoms with Crippen LogP contribution in [0.4, 0.5) is 0 Å². The monoisotopic (exact) mass is 505 g/mol. The van der Waals surface area contributed by atoms with E-state index in [9.17, 15) is 19.2 Å². The highest BCUT2D eigenvalue weighted by atomic mass is 16.6. The first-order valence-corrected chi connectivity index (χ1v) is 13.0. The van der Waals surface area contributed by atoms with Gasteiger partial charge in [-0.3, -0.25) is 19.4 Å². The van der Waals surface area contributed by atoms with E-state index in [-0.39, 0.29) is 23.6 Å². The number of hydrogen-bond acceptors (Lipinski definition) is 8. The van der Waals surface area contributed by atoms with Crippen LogP contribution in [0.2, 0.25) is 0 Å². The van der Waals surface area contributed by atoms with Crippen molar-refractivity contribution in [1.29, 1.82) is 0 Å². The number of nitrogens with zero attached hydrogens (tertiary/aromatic N) is 1. The van der Waals surface area contributed by atoms with Gasteiger partial charge >= 0.3 is 17.9 Å². The Morgan fingerprint density at radius 2 is 2.00 bits per heavy atom. The summed E-state index contributed by atoms with van der Waals surface area (Å²) < 4.78 is 17.7. The molecule has 2 bridgehead atoms. The van der Waals surface area contributed by atoms with E-state index >= 15 is 0 Å². The average Bonchev–Trinajstić information content (AvgIpc) is 3.27. The van der Waals surface area contributed by atoms with Crippen LogP contribution in [0.25, 0.3) is 6.08 Å². The van der Waals surface area contributed by atoms with Gasteiger partial charge in [0, 0.05) is 24.4 Å². The number of esters is 3. The number of rotatable bonds is 3. The number of aryl methyl sites for hydroxylation is 1. The molecular formula is C29H31NO7. The molecule has 194 valence electrons. The lowest BCUT2D eigenvalue weighted by atomic mass is 9.43. The molecule has 5 fully saturated rings. The second-order valence-corrected chi connectivity index (χ2v) is 12.0. The van der Waals surface area contributed by atoms with Crippen molar-refractivity contribution in [3.05, 3.63) is 47.8 Å². The van der Waals surface area contributed by atoms with Crippen molar-refractivity contribution in [3.63, 3.8) is 0 Å². The lowest BCUT2D eigenvalue weighted by Gasteiger charge is -2.61. The molecule has 7 atom stereocenters. The van der Waals surface area contributed by atoms with Crippen molar-refractivity contribution < 1.29 is 33.4 Å². The standard InChI is InChI=1S/C29H31NO7/c1-15-13-30-12-10-17(15)5-8-21(31)37-24-18-6-7-19-28-14-35-25(33)22(28)27(3,4)11-9-20(28)36-26(34)29(19,24)23(32)16(18)2/h5,8,10,12-13,18-20,22,24H,2,6-7,9,11,14H2,1,3-4H3/b8-5+/t18-,19+,20-,22+,24+,28-,29-/m0/s1. The number of ether oxygens (including phenoxy) is 3. The fourth-order valence-corrected chi connectivity index (χ4v) is 8.28. The molecule has 2 spiro atoms. The molecule has 8 heteroatoms. The van der Waals surface area contributed by atoms with Gasteiger partial charge in [0.1, 0.15) is 18.8 Å². The maximum Gasteiger partial charge on any atom is 0.331 e. The summed E-state index contributed by atoms with van der Waals surface area (Å²) in [5.41, 5.74) is -0.953. The third-order valence-electron chi connectivity index (χ3n) is 9.86. The number of carbonyl (C=O) groups excluding carboxylic acids is 4. The second-order valence-electron chi connectivity index (χ2n) is 12.0. The van der Waals surface area contributed by atoms with Crippen LogP contribution < -0.4 is 0 Å². The second kappa shape index (κ2) is 7.85. The molecular weight excluding hydrogens is 474 g/mol. The van der Waals surface area contributed by atoms with Gasteiger partial charge in [0.2, 0.25) is 0 Å². The van der Waals surface area contributed by atoms with Gasteiger partial charge in [0.05, 0.1) is 11.3 Å². The highest BCUT2D eigenvalue weighted by Crippen LogP contribution is 2.71. The van der Waals surface area contributed by atoms with Crippen molar-refractivity contribution in [2.45, 2.75) is 58.7 Å². The predicted molar refractivity (Wildman–Crippen MR) is 130 cm³/mol. The predicted octanol–water partition coefficient (Wildman–Crippen LogP) is 3.37. The summed E-state index contributed by atoms with van der Waals surface area (Å²) in [7, 11) is 0. The van der Waals surface area contributed by atoms with E-state index in [0.29, 0.717) is 25.7 Å². The zero-order valence-corrected chi connectivity index (χ0v) is 21.3. The maximum absolute atomic E-state index is 13.9. The lowest BCUT2D eigenvalue weighted by molar-refractivity contribution is -0.246. The Bertz CT molecular complexity index is 1280. The number of carbonyl (C=O) groups is 4. The molecule has 6 rings (SSSR count). The van der Waals surface area contributed by atoms with Crippen LogP contribution in [0, 0.1) is 40.9 Å². The Labute approximate surface area is 215 Å². The van der Waals surface area contributed by atoms with Gasteiger partial charge in [-0.25, -0.2) is 4.79 Å².